The first kappa shape index (κ1) is 7.54. The molecule has 0 aromatic rings. The Morgan fingerprint density at radius 1 is 1.70 bits per heavy atom. The Bertz CT molecular complexity index is 154. The first-order valence-electron chi connectivity index (χ1n) is 3.54. The van der Waals surface area contributed by atoms with Gasteiger partial charge in [0.05, 0.1) is 5.92 Å². The molecule has 0 bridgehead atoms. The predicted octanol–water partition coefficient (Wildman–Crippen LogP) is -0.283. The third kappa shape index (κ3) is 1.14. The summed E-state index contributed by atoms with van der Waals surface area (Å²) in [5.74, 6) is -0.178. The predicted molar refractivity (Wildman–Crippen MR) is 39.3 cm³/mol. The smallest absolute Gasteiger partial charge is 0.222 e. The molecule has 1 saturated heterocycles. The van der Waals surface area contributed by atoms with E-state index in [-0.39, 0.29) is 17.2 Å². The number of hydrogen-bond acceptors (Lipinski definition) is 2. The van der Waals surface area contributed by atoms with Crippen LogP contribution in [0.5, 0.6) is 0 Å². The maximum absolute atomic E-state index is 10.8. The highest BCUT2D eigenvalue weighted by Gasteiger charge is 2.37. The summed E-state index contributed by atoms with van der Waals surface area (Å²) in [5.41, 5.74) is 5.24. The Balaban J connectivity index is 2.68. The molecule has 3 nitrogen and oxygen atoms in total. The average molecular weight is 142 g/mol. The average Bonchev–Trinajstić information content (AvgIpc) is 2.08. The maximum Gasteiger partial charge on any atom is 0.222 e. The van der Waals surface area contributed by atoms with Gasteiger partial charge in [-0.2, -0.15) is 0 Å². The van der Waals surface area contributed by atoms with Crippen molar-refractivity contribution < 1.29 is 4.79 Å². The summed E-state index contributed by atoms with van der Waals surface area (Å²) in [6, 6.07) is 0. The van der Waals surface area contributed by atoms with Gasteiger partial charge in [-0.05, 0) is 5.41 Å². The second-order valence-electron chi connectivity index (χ2n) is 3.57. The van der Waals surface area contributed by atoms with Crippen LogP contribution in [0.4, 0.5) is 0 Å². The van der Waals surface area contributed by atoms with Crippen LogP contribution in [0.2, 0.25) is 0 Å². The zero-order valence-corrected chi connectivity index (χ0v) is 6.48. The Hall–Kier alpha value is -0.570. The molecule has 1 heterocycles. The molecule has 1 atom stereocenters. The van der Waals surface area contributed by atoms with Gasteiger partial charge in [-0.15, -0.1) is 0 Å². The van der Waals surface area contributed by atoms with E-state index in [1.54, 1.807) is 0 Å². The van der Waals surface area contributed by atoms with Crippen molar-refractivity contribution >= 4 is 5.91 Å². The van der Waals surface area contributed by atoms with E-state index in [4.69, 9.17) is 5.73 Å². The fourth-order valence-electron chi connectivity index (χ4n) is 1.42. The molecule has 1 unspecified atom stereocenters. The molecular weight excluding hydrogens is 128 g/mol. The van der Waals surface area contributed by atoms with Crippen molar-refractivity contribution in [1.29, 1.82) is 0 Å². The van der Waals surface area contributed by atoms with Crippen LogP contribution in [0.1, 0.15) is 13.8 Å². The topological polar surface area (TPSA) is 55.1 Å². The fourth-order valence-corrected chi connectivity index (χ4v) is 1.42. The van der Waals surface area contributed by atoms with Crippen LogP contribution in [0.25, 0.3) is 0 Å². The summed E-state index contributed by atoms with van der Waals surface area (Å²) in [6.07, 6.45) is 0. The van der Waals surface area contributed by atoms with E-state index in [0.717, 1.165) is 13.1 Å². The van der Waals surface area contributed by atoms with Crippen molar-refractivity contribution in [3.05, 3.63) is 0 Å². The standard InChI is InChI=1S/C7H14N2O/c1-7(2)4-9-3-5(7)6(8)10/h5,9H,3-4H2,1-2H3,(H2,8,10). The van der Waals surface area contributed by atoms with Gasteiger partial charge in [0.1, 0.15) is 0 Å². The van der Waals surface area contributed by atoms with Crippen LogP contribution in [0.15, 0.2) is 0 Å². The minimum atomic E-state index is -0.185. The van der Waals surface area contributed by atoms with E-state index in [1.807, 2.05) is 0 Å². The van der Waals surface area contributed by atoms with Crippen LogP contribution in [0.3, 0.4) is 0 Å². The number of nitrogens with one attached hydrogen (secondary N) is 1. The molecule has 1 aliphatic rings. The molecule has 0 aliphatic carbocycles. The molecule has 0 aromatic heterocycles. The normalized spacial score (nSPS) is 30.4. The third-order valence-electron chi connectivity index (χ3n) is 2.22. The lowest BCUT2D eigenvalue weighted by atomic mass is 9.82. The van der Waals surface area contributed by atoms with Crippen LogP contribution < -0.4 is 11.1 Å². The highest BCUT2D eigenvalue weighted by Crippen LogP contribution is 2.29. The van der Waals surface area contributed by atoms with Gasteiger partial charge in [-0.3, -0.25) is 4.79 Å². The lowest BCUT2D eigenvalue weighted by molar-refractivity contribution is -0.123. The van der Waals surface area contributed by atoms with E-state index < -0.39 is 0 Å². The van der Waals surface area contributed by atoms with Gasteiger partial charge < -0.3 is 11.1 Å². The van der Waals surface area contributed by atoms with Gasteiger partial charge >= 0.3 is 0 Å². The monoisotopic (exact) mass is 142 g/mol. The van der Waals surface area contributed by atoms with Crippen molar-refractivity contribution in [3.63, 3.8) is 0 Å². The minimum absolute atomic E-state index is 0.00694. The summed E-state index contributed by atoms with van der Waals surface area (Å²) < 4.78 is 0. The van der Waals surface area contributed by atoms with Crippen molar-refractivity contribution in [2.24, 2.45) is 17.1 Å². The zero-order valence-electron chi connectivity index (χ0n) is 6.48. The summed E-state index contributed by atoms with van der Waals surface area (Å²) in [5, 5.41) is 3.14. The first-order valence-corrected chi connectivity index (χ1v) is 3.54. The lowest BCUT2D eigenvalue weighted by Gasteiger charge is -2.22. The van der Waals surface area contributed by atoms with E-state index >= 15 is 0 Å². The molecule has 3 heteroatoms. The molecule has 10 heavy (non-hydrogen) atoms. The molecule has 0 saturated carbocycles. The minimum Gasteiger partial charge on any atom is -0.369 e. The molecule has 0 aromatic carbocycles. The zero-order chi connectivity index (χ0) is 7.78. The highest BCUT2D eigenvalue weighted by atomic mass is 16.1. The Labute approximate surface area is 61.0 Å². The molecule has 58 valence electrons. The van der Waals surface area contributed by atoms with Crippen LogP contribution in [-0.2, 0) is 4.79 Å². The fraction of sp³-hybridized carbons (Fsp3) is 0.857. The molecule has 1 rings (SSSR count). The number of primary amides is 1. The molecule has 0 radical (unpaired) electrons. The largest absolute Gasteiger partial charge is 0.369 e. The van der Waals surface area contributed by atoms with E-state index in [0.29, 0.717) is 0 Å². The number of carbonyl (C=O) groups is 1. The summed E-state index contributed by atoms with van der Waals surface area (Å²) >= 11 is 0. The lowest BCUT2D eigenvalue weighted by Crippen LogP contribution is -2.34. The van der Waals surface area contributed by atoms with Gasteiger partial charge in [0.15, 0.2) is 0 Å². The van der Waals surface area contributed by atoms with Crippen LogP contribution >= 0.6 is 0 Å². The molecule has 0 spiro atoms. The van der Waals surface area contributed by atoms with Gasteiger partial charge in [-0.25, -0.2) is 0 Å². The first-order chi connectivity index (χ1) is 4.54. The number of hydrogen-bond donors (Lipinski definition) is 2. The van der Waals surface area contributed by atoms with Crippen molar-refractivity contribution in [2.45, 2.75) is 13.8 Å². The summed E-state index contributed by atoms with van der Waals surface area (Å²) in [7, 11) is 0. The van der Waals surface area contributed by atoms with Crippen LogP contribution in [0, 0.1) is 11.3 Å². The van der Waals surface area contributed by atoms with E-state index in [2.05, 4.69) is 19.2 Å². The molecular formula is C7H14N2O. The Kier molecular flexibility index (Phi) is 1.68. The molecule has 3 N–H and O–H groups in total. The SMILES string of the molecule is CC1(C)CNCC1C(N)=O. The Morgan fingerprint density at radius 3 is 2.50 bits per heavy atom. The van der Waals surface area contributed by atoms with Crippen LogP contribution in [-0.4, -0.2) is 19.0 Å². The summed E-state index contributed by atoms with van der Waals surface area (Å²) in [6.45, 7) is 5.74. The van der Waals surface area contributed by atoms with Crippen molar-refractivity contribution in [2.75, 3.05) is 13.1 Å². The molecule has 1 amide bonds. The quantitative estimate of drug-likeness (QED) is 0.529. The highest BCUT2D eigenvalue weighted by molar-refractivity contribution is 5.78. The van der Waals surface area contributed by atoms with E-state index in [1.165, 1.54) is 0 Å². The van der Waals surface area contributed by atoms with Gasteiger partial charge in [0, 0.05) is 13.1 Å². The second-order valence-corrected chi connectivity index (χ2v) is 3.57. The third-order valence-corrected chi connectivity index (χ3v) is 2.22. The second kappa shape index (κ2) is 2.23. The maximum atomic E-state index is 10.8. The van der Waals surface area contributed by atoms with Gasteiger partial charge in [0.25, 0.3) is 0 Å². The summed E-state index contributed by atoms with van der Waals surface area (Å²) in [4.78, 5) is 10.8. The number of nitrogens with two attached hydrogens (primary N) is 1. The number of carbonyl (C=O) groups excluding carboxylic acids is 1. The molecule has 1 fully saturated rings. The van der Waals surface area contributed by atoms with Crippen molar-refractivity contribution in [3.8, 4) is 0 Å². The molecule has 1 aliphatic heterocycles. The number of amides is 1. The van der Waals surface area contributed by atoms with Gasteiger partial charge in [0.2, 0.25) is 5.91 Å². The van der Waals surface area contributed by atoms with Gasteiger partial charge in [-0.1, -0.05) is 13.8 Å². The Morgan fingerprint density at radius 2 is 2.30 bits per heavy atom. The number of rotatable bonds is 1. The van der Waals surface area contributed by atoms with Crippen molar-refractivity contribution in [1.82, 2.24) is 5.32 Å². The van der Waals surface area contributed by atoms with E-state index in [9.17, 15) is 4.79 Å².